The molecular formula is C13H12FNO3. The van der Waals surface area contributed by atoms with Crippen LogP contribution in [0.4, 0.5) is 4.39 Å². The maximum absolute atomic E-state index is 13.1. The molecule has 0 aromatic heterocycles. The van der Waals surface area contributed by atoms with Crippen molar-refractivity contribution in [2.45, 2.75) is 26.5 Å². The van der Waals surface area contributed by atoms with E-state index in [0.717, 1.165) is 0 Å². The Morgan fingerprint density at radius 2 is 2.28 bits per heavy atom. The van der Waals surface area contributed by atoms with Crippen LogP contribution in [0.3, 0.4) is 0 Å². The van der Waals surface area contributed by atoms with Gasteiger partial charge in [0.1, 0.15) is 12.4 Å². The Bertz CT molecular complexity index is 517. The lowest BCUT2D eigenvalue weighted by Crippen LogP contribution is -2.09. The molecule has 0 saturated carbocycles. The molecule has 0 saturated heterocycles. The first kappa shape index (κ1) is 13.8. The minimum Gasteiger partial charge on any atom is -0.450 e. The molecule has 5 heteroatoms. The summed E-state index contributed by atoms with van der Waals surface area (Å²) in [7, 11) is 0. The van der Waals surface area contributed by atoms with Crippen molar-refractivity contribution in [3.8, 4) is 11.8 Å². The number of hydrogen-bond donors (Lipinski definition) is 0. The van der Waals surface area contributed by atoms with Crippen LogP contribution in [-0.4, -0.2) is 12.1 Å². The van der Waals surface area contributed by atoms with Crippen LogP contribution >= 0.6 is 0 Å². The maximum Gasteiger partial charge on any atom is 0.303 e. The number of halogens is 1. The van der Waals surface area contributed by atoms with E-state index in [-0.39, 0.29) is 6.54 Å². The zero-order valence-corrected chi connectivity index (χ0v) is 10.1. The summed E-state index contributed by atoms with van der Waals surface area (Å²) in [4.78, 5) is 20.9. The lowest BCUT2D eigenvalue weighted by molar-refractivity contribution is -0.143. The van der Waals surface area contributed by atoms with E-state index in [0.29, 0.717) is 11.1 Å². The molecule has 0 N–H and O–H groups in total. The molecule has 1 rings (SSSR count). The minimum atomic E-state index is -0.595. The number of hydrogen-bond acceptors (Lipinski definition) is 4. The van der Waals surface area contributed by atoms with E-state index < -0.39 is 17.9 Å². The highest BCUT2D eigenvalue weighted by Gasteiger charge is 2.04. The van der Waals surface area contributed by atoms with Crippen LogP contribution < -0.4 is 0 Å². The predicted octanol–water partition coefficient (Wildman–Crippen LogP) is 2.40. The van der Waals surface area contributed by atoms with Gasteiger partial charge in [0.25, 0.3) is 0 Å². The number of ether oxygens (including phenoxy) is 1. The second-order valence-corrected chi connectivity index (χ2v) is 3.61. The summed E-state index contributed by atoms with van der Waals surface area (Å²) in [6.07, 6.45) is -0.595. The Balaban J connectivity index is 2.94. The van der Waals surface area contributed by atoms with Gasteiger partial charge in [0.05, 0.1) is 0 Å². The quantitative estimate of drug-likeness (QED) is 0.469. The van der Waals surface area contributed by atoms with Gasteiger partial charge in [-0.1, -0.05) is 23.1 Å². The highest BCUT2D eigenvalue weighted by molar-refractivity contribution is 5.66. The van der Waals surface area contributed by atoms with Crippen LogP contribution in [0, 0.1) is 22.6 Å². The predicted molar refractivity (Wildman–Crippen MR) is 64.0 cm³/mol. The van der Waals surface area contributed by atoms with E-state index in [1.165, 1.54) is 25.1 Å². The van der Waals surface area contributed by atoms with Crippen molar-refractivity contribution in [2.75, 3.05) is 0 Å². The van der Waals surface area contributed by atoms with Crippen molar-refractivity contribution in [1.29, 1.82) is 0 Å². The lowest BCUT2D eigenvalue weighted by atomic mass is 10.1. The highest BCUT2D eigenvalue weighted by Crippen LogP contribution is 2.11. The first-order valence-corrected chi connectivity index (χ1v) is 5.29. The molecule has 0 radical (unpaired) electrons. The molecule has 0 spiro atoms. The van der Waals surface area contributed by atoms with E-state index in [1.807, 2.05) is 0 Å². The Kier molecular flexibility index (Phi) is 5.00. The topological polar surface area (TPSA) is 55.7 Å². The van der Waals surface area contributed by atoms with Gasteiger partial charge in [-0.15, -0.1) is 0 Å². The molecule has 0 heterocycles. The number of carbonyl (C=O) groups excluding carboxylic acids is 1. The summed E-state index contributed by atoms with van der Waals surface area (Å²) in [5.41, 5.74) is 0.905. The zero-order chi connectivity index (χ0) is 13.5. The summed E-state index contributed by atoms with van der Waals surface area (Å²) in [5.74, 6) is 4.44. The maximum atomic E-state index is 13.1. The van der Waals surface area contributed by atoms with Crippen LogP contribution in [-0.2, 0) is 16.1 Å². The van der Waals surface area contributed by atoms with Gasteiger partial charge in [-0.05, 0) is 24.6 Å². The standard InChI is InChI=1S/C13H12FNO3/c1-9(18-10(2)16)3-4-11-7-13(14)6-5-12(11)8-15-17/h5-7,9H,8H2,1-2H3. The summed E-state index contributed by atoms with van der Waals surface area (Å²) >= 11 is 0. The van der Waals surface area contributed by atoms with Crippen LogP contribution in [0.5, 0.6) is 0 Å². The van der Waals surface area contributed by atoms with Crippen molar-refractivity contribution in [2.24, 2.45) is 5.18 Å². The SMILES string of the molecule is CC(=O)OC(C)C#Cc1cc(F)ccc1CN=O. The zero-order valence-electron chi connectivity index (χ0n) is 10.1. The fraction of sp³-hybridized carbons (Fsp3) is 0.308. The number of rotatable bonds is 3. The van der Waals surface area contributed by atoms with E-state index in [9.17, 15) is 14.1 Å². The Labute approximate surface area is 104 Å². The van der Waals surface area contributed by atoms with Crippen molar-refractivity contribution in [3.05, 3.63) is 40.1 Å². The molecule has 0 aliphatic rings. The third kappa shape index (κ3) is 4.34. The average molecular weight is 249 g/mol. The Hall–Kier alpha value is -2.22. The normalized spacial score (nSPS) is 11.1. The number of nitrogens with zero attached hydrogens (tertiary/aromatic N) is 1. The first-order valence-electron chi connectivity index (χ1n) is 5.29. The molecule has 0 amide bonds. The third-order valence-electron chi connectivity index (χ3n) is 2.06. The molecule has 0 bridgehead atoms. The van der Waals surface area contributed by atoms with E-state index in [2.05, 4.69) is 17.0 Å². The molecule has 0 aliphatic carbocycles. The van der Waals surface area contributed by atoms with E-state index in [1.54, 1.807) is 6.92 Å². The smallest absolute Gasteiger partial charge is 0.303 e. The lowest BCUT2D eigenvalue weighted by Gasteiger charge is -2.04. The minimum absolute atomic E-state index is 0.0771. The van der Waals surface area contributed by atoms with Crippen LogP contribution in [0.25, 0.3) is 0 Å². The molecule has 0 fully saturated rings. The van der Waals surface area contributed by atoms with Gasteiger partial charge in [0, 0.05) is 12.5 Å². The van der Waals surface area contributed by atoms with Crippen molar-refractivity contribution in [3.63, 3.8) is 0 Å². The fourth-order valence-electron chi connectivity index (χ4n) is 1.33. The van der Waals surface area contributed by atoms with Gasteiger partial charge >= 0.3 is 5.97 Å². The molecule has 94 valence electrons. The molecule has 1 unspecified atom stereocenters. The van der Waals surface area contributed by atoms with E-state index >= 15 is 0 Å². The van der Waals surface area contributed by atoms with Gasteiger partial charge in [0.2, 0.25) is 0 Å². The second-order valence-electron chi connectivity index (χ2n) is 3.61. The molecule has 1 aromatic rings. The summed E-state index contributed by atoms with van der Waals surface area (Å²) in [6, 6.07) is 3.91. The number of carbonyl (C=O) groups is 1. The van der Waals surface area contributed by atoms with Crippen molar-refractivity contribution < 1.29 is 13.9 Å². The second kappa shape index (κ2) is 6.50. The third-order valence-corrected chi connectivity index (χ3v) is 2.06. The van der Waals surface area contributed by atoms with Gasteiger partial charge in [-0.2, -0.15) is 4.91 Å². The molecule has 18 heavy (non-hydrogen) atoms. The summed E-state index contributed by atoms with van der Waals surface area (Å²) in [6.45, 7) is 2.81. The van der Waals surface area contributed by atoms with Gasteiger partial charge in [-0.25, -0.2) is 4.39 Å². The average Bonchev–Trinajstić information content (AvgIpc) is 2.29. The molecular weight excluding hydrogens is 237 g/mol. The van der Waals surface area contributed by atoms with Crippen LogP contribution in [0.15, 0.2) is 23.4 Å². The Morgan fingerprint density at radius 1 is 1.56 bits per heavy atom. The largest absolute Gasteiger partial charge is 0.450 e. The monoisotopic (exact) mass is 249 g/mol. The van der Waals surface area contributed by atoms with Crippen molar-refractivity contribution >= 4 is 5.97 Å². The van der Waals surface area contributed by atoms with Gasteiger partial charge < -0.3 is 4.74 Å². The fourth-order valence-corrected chi connectivity index (χ4v) is 1.33. The van der Waals surface area contributed by atoms with Crippen LogP contribution in [0.2, 0.25) is 0 Å². The van der Waals surface area contributed by atoms with Gasteiger partial charge in [0.15, 0.2) is 6.10 Å². The van der Waals surface area contributed by atoms with Crippen LogP contribution in [0.1, 0.15) is 25.0 Å². The number of nitroso groups, excluding NO2 is 1. The summed E-state index contributed by atoms with van der Waals surface area (Å²) < 4.78 is 17.9. The Morgan fingerprint density at radius 3 is 2.89 bits per heavy atom. The van der Waals surface area contributed by atoms with E-state index in [4.69, 9.17) is 4.74 Å². The first-order chi connectivity index (χ1) is 8.52. The number of esters is 1. The number of benzene rings is 1. The highest BCUT2D eigenvalue weighted by atomic mass is 19.1. The van der Waals surface area contributed by atoms with Crippen molar-refractivity contribution in [1.82, 2.24) is 0 Å². The molecule has 4 nitrogen and oxygen atoms in total. The van der Waals surface area contributed by atoms with Gasteiger partial charge in [-0.3, -0.25) is 4.79 Å². The summed E-state index contributed by atoms with van der Waals surface area (Å²) in [5, 5.41) is 2.75. The molecule has 1 atom stereocenters. The molecule has 0 aliphatic heterocycles. The molecule has 1 aromatic carbocycles.